The Morgan fingerprint density at radius 2 is 2.35 bits per heavy atom. The number of aromatic amines is 1. The maximum absolute atomic E-state index is 11.4. The van der Waals surface area contributed by atoms with Gasteiger partial charge in [0.25, 0.3) is 0 Å². The van der Waals surface area contributed by atoms with Gasteiger partial charge in [-0.1, -0.05) is 6.07 Å². The number of nitrogens with one attached hydrogen (secondary N) is 2. The zero-order valence-electron chi connectivity index (χ0n) is 11.7. The van der Waals surface area contributed by atoms with Crippen LogP contribution in [0.5, 0.6) is 0 Å². The molecular formula is C16H20N2OS. The van der Waals surface area contributed by atoms with E-state index in [9.17, 15) is 4.79 Å². The fourth-order valence-electron chi connectivity index (χ4n) is 3.04. The van der Waals surface area contributed by atoms with E-state index in [1.165, 1.54) is 11.1 Å². The van der Waals surface area contributed by atoms with Gasteiger partial charge in [0.05, 0.1) is 0 Å². The van der Waals surface area contributed by atoms with Crippen LogP contribution in [0.3, 0.4) is 0 Å². The lowest BCUT2D eigenvalue weighted by Gasteiger charge is -2.28. The Bertz CT molecular complexity index is 618. The molecule has 0 saturated carbocycles. The molecule has 3 nitrogen and oxygen atoms in total. The van der Waals surface area contributed by atoms with Crippen molar-refractivity contribution in [1.29, 1.82) is 0 Å². The predicted molar refractivity (Wildman–Crippen MR) is 83.4 cm³/mol. The van der Waals surface area contributed by atoms with Gasteiger partial charge in [-0.2, -0.15) is 11.3 Å². The second kappa shape index (κ2) is 5.94. The molecule has 2 unspecified atom stereocenters. The second-order valence-electron chi connectivity index (χ2n) is 5.60. The van der Waals surface area contributed by atoms with E-state index >= 15 is 0 Å². The van der Waals surface area contributed by atoms with Gasteiger partial charge in [-0.25, -0.2) is 0 Å². The highest BCUT2D eigenvalue weighted by Gasteiger charge is 2.22. The average molecular weight is 288 g/mol. The molecule has 2 N–H and O–H groups in total. The molecule has 0 saturated heterocycles. The number of H-pyrrole nitrogens is 1. The molecule has 0 fully saturated rings. The molecule has 4 heteroatoms. The first-order chi connectivity index (χ1) is 9.72. The van der Waals surface area contributed by atoms with E-state index in [2.05, 4.69) is 34.1 Å². The van der Waals surface area contributed by atoms with Crippen LogP contribution in [-0.2, 0) is 12.8 Å². The molecule has 2 aromatic heterocycles. The summed E-state index contributed by atoms with van der Waals surface area (Å²) < 4.78 is 0. The Morgan fingerprint density at radius 1 is 1.45 bits per heavy atom. The summed E-state index contributed by atoms with van der Waals surface area (Å²) in [5, 5.41) is 8.06. The fourth-order valence-corrected chi connectivity index (χ4v) is 3.72. The monoisotopic (exact) mass is 288 g/mol. The Labute approximate surface area is 123 Å². The molecule has 106 valence electrons. The lowest BCUT2D eigenvalue weighted by atomic mass is 9.90. The molecular weight excluding hydrogens is 268 g/mol. The highest BCUT2D eigenvalue weighted by Crippen LogP contribution is 2.28. The molecule has 0 radical (unpaired) electrons. The summed E-state index contributed by atoms with van der Waals surface area (Å²) in [6, 6.07) is 6.62. The maximum atomic E-state index is 11.4. The van der Waals surface area contributed by atoms with Crippen molar-refractivity contribution in [3.8, 4) is 0 Å². The Morgan fingerprint density at radius 3 is 3.15 bits per heavy atom. The molecule has 3 rings (SSSR count). The zero-order valence-corrected chi connectivity index (χ0v) is 12.5. The molecule has 0 amide bonds. The third kappa shape index (κ3) is 3.02. The van der Waals surface area contributed by atoms with Gasteiger partial charge < -0.3 is 10.3 Å². The zero-order chi connectivity index (χ0) is 13.9. The van der Waals surface area contributed by atoms with Gasteiger partial charge in [0, 0.05) is 23.8 Å². The van der Waals surface area contributed by atoms with Crippen LogP contribution < -0.4 is 10.9 Å². The lowest BCUT2D eigenvalue weighted by molar-refractivity contribution is 0.403. The standard InChI is InChI=1S/C16H20N2OS/c1-11(9-12-7-8-20-10-12)17-14-3-2-4-15-13(14)5-6-16(19)18-15/h5-8,10-11,14,17H,2-4,9H2,1H3,(H,18,19). The van der Waals surface area contributed by atoms with Crippen molar-refractivity contribution in [2.24, 2.45) is 0 Å². The van der Waals surface area contributed by atoms with Crippen molar-refractivity contribution >= 4 is 11.3 Å². The predicted octanol–water partition coefficient (Wildman–Crippen LogP) is 3.03. The first-order valence-corrected chi connectivity index (χ1v) is 8.16. The van der Waals surface area contributed by atoms with Crippen LogP contribution in [0.2, 0.25) is 0 Å². The van der Waals surface area contributed by atoms with Crippen molar-refractivity contribution in [1.82, 2.24) is 10.3 Å². The molecule has 0 spiro atoms. The largest absolute Gasteiger partial charge is 0.326 e. The molecule has 2 heterocycles. The first-order valence-electron chi connectivity index (χ1n) is 7.21. The van der Waals surface area contributed by atoms with E-state index in [1.807, 2.05) is 6.07 Å². The summed E-state index contributed by atoms with van der Waals surface area (Å²) in [6.07, 6.45) is 4.32. The van der Waals surface area contributed by atoms with Crippen LogP contribution in [-0.4, -0.2) is 11.0 Å². The molecule has 0 aromatic carbocycles. The van der Waals surface area contributed by atoms with Crippen molar-refractivity contribution in [2.75, 3.05) is 0 Å². The highest BCUT2D eigenvalue weighted by molar-refractivity contribution is 7.07. The minimum absolute atomic E-state index is 0.00993. The molecule has 1 aliphatic carbocycles. The summed E-state index contributed by atoms with van der Waals surface area (Å²) in [7, 11) is 0. The van der Waals surface area contributed by atoms with Crippen molar-refractivity contribution in [3.63, 3.8) is 0 Å². The number of thiophene rings is 1. The quantitative estimate of drug-likeness (QED) is 0.908. The van der Waals surface area contributed by atoms with Gasteiger partial charge in [-0.3, -0.25) is 4.79 Å². The van der Waals surface area contributed by atoms with E-state index < -0.39 is 0 Å². The third-order valence-electron chi connectivity index (χ3n) is 3.94. The van der Waals surface area contributed by atoms with Gasteiger partial charge in [0.15, 0.2) is 0 Å². The van der Waals surface area contributed by atoms with Crippen molar-refractivity contribution in [2.45, 2.75) is 44.7 Å². The van der Waals surface area contributed by atoms with Gasteiger partial charge in [0.1, 0.15) is 0 Å². The minimum Gasteiger partial charge on any atom is -0.326 e. The number of hydrogen-bond donors (Lipinski definition) is 2. The Kier molecular flexibility index (Phi) is 4.03. The number of rotatable bonds is 4. The topological polar surface area (TPSA) is 44.9 Å². The maximum Gasteiger partial charge on any atom is 0.248 e. The third-order valence-corrected chi connectivity index (χ3v) is 4.67. The minimum atomic E-state index is 0.00993. The first kappa shape index (κ1) is 13.6. The van der Waals surface area contributed by atoms with Crippen LogP contribution in [0, 0.1) is 0 Å². The number of aromatic nitrogens is 1. The molecule has 0 bridgehead atoms. The van der Waals surface area contributed by atoms with E-state index in [-0.39, 0.29) is 5.56 Å². The van der Waals surface area contributed by atoms with Crippen molar-refractivity contribution < 1.29 is 0 Å². The summed E-state index contributed by atoms with van der Waals surface area (Å²) in [5.74, 6) is 0. The molecule has 20 heavy (non-hydrogen) atoms. The SMILES string of the molecule is CC(Cc1ccsc1)NC1CCCc2[nH]c(=O)ccc21. The van der Waals surface area contributed by atoms with E-state index in [4.69, 9.17) is 0 Å². The van der Waals surface area contributed by atoms with Crippen LogP contribution in [0.25, 0.3) is 0 Å². The normalized spacial score (nSPS) is 19.6. The van der Waals surface area contributed by atoms with Gasteiger partial charge >= 0.3 is 0 Å². The number of fused-ring (bicyclic) bond motifs is 1. The van der Waals surface area contributed by atoms with Crippen LogP contribution in [0.15, 0.2) is 33.8 Å². The molecule has 0 aliphatic heterocycles. The van der Waals surface area contributed by atoms with E-state index in [0.29, 0.717) is 12.1 Å². The van der Waals surface area contributed by atoms with Crippen LogP contribution >= 0.6 is 11.3 Å². The van der Waals surface area contributed by atoms with Crippen molar-refractivity contribution in [3.05, 3.63) is 56.1 Å². The van der Waals surface area contributed by atoms with E-state index in [0.717, 1.165) is 31.4 Å². The summed E-state index contributed by atoms with van der Waals surface area (Å²) in [4.78, 5) is 14.4. The smallest absolute Gasteiger partial charge is 0.248 e. The average Bonchev–Trinajstić information content (AvgIpc) is 2.91. The summed E-state index contributed by atoms with van der Waals surface area (Å²) >= 11 is 1.75. The Hall–Kier alpha value is -1.39. The second-order valence-corrected chi connectivity index (χ2v) is 6.38. The van der Waals surface area contributed by atoms with Gasteiger partial charge in [-0.05, 0) is 60.6 Å². The molecule has 2 aromatic rings. The lowest BCUT2D eigenvalue weighted by Crippen LogP contribution is -2.34. The highest BCUT2D eigenvalue weighted by atomic mass is 32.1. The fraction of sp³-hybridized carbons (Fsp3) is 0.438. The summed E-state index contributed by atoms with van der Waals surface area (Å²) in [6.45, 7) is 2.23. The van der Waals surface area contributed by atoms with Gasteiger partial charge in [-0.15, -0.1) is 0 Å². The number of pyridine rings is 1. The Balaban J connectivity index is 1.71. The van der Waals surface area contributed by atoms with Crippen LogP contribution in [0.4, 0.5) is 0 Å². The number of aryl methyl sites for hydroxylation is 1. The molecule has 2 atom stereocenters. The van der Waals surface area contributed by atoms with Gasteiger partial charge in [0.2, 0.25) is 5.56 Å². The summed E-state index contributed by atoms with van der Waals surface area (Å²) in [5.41, 5.74) is 3.79. The van der Waals surface area contributed by atoms with Crippen LogP contribution in [0.1, 0.15) is 42.6 Å². The van der Waals surface area contributed by atoms with E-state index in [1.54, 1.807) is 17.4 Å². The number of hydrogen-bond acceptors (Lipinski definition) is 3. The molecule has 1 aliphatic rings.